The van der Waals surface area contributed by atoms with Gasteiger partial charge in [-0.2, -0.15) is 18.3 Å². The number of alkyl halides is 3. The molecule has 1 fully saturated rings. The molecule has 0 amide bonds. The maximum atomic E-state index is 14.1. The molecule has 1 aromatic carbocycles. The number of aliphatic hydroxyl groups excluding tert-OH is 1. The number of nitrogens with zero attached hydrogens (tertiary/aromatic N) is 3. The van der Waals surface area contributed by atoms with Crippen molar-refractivity contribution in [3.63, 3.8) is 0 Å². The summed E-state index contributed by atoms with van der Waals surface area (Å²) in [6, 6.07) is 2.42. The monoisotopic (exact) mass is 432 g/mol. The lowest BCUT2D eigenvalue weighted by Gasteiger charge is -2.38. The predicted octanol–water partition coefficient (Wildman–Crippen LogP) is 2.26. The van der Waals surface area contributed by atoms with Crippen LogP contribution >= 0.6 is 0 Å². The minimum atomic E-state index is -4.72. The third-order valence-electron chi connectivity index (χ3n) is 5.67. The molecule has 2 aliphatic rings. The maximum absolute atomic E-state index is 14.1. The lowest BCUT2D eigenvalue weighted by Crippen LogP contribution is -2.48. The summed E-state index contributed by atoms with van der Waals surface area (Å²) >= 11 is 0. The molecule has 0 saturated carbocycles. The van der Waals surface area contributed by atoms with Crippen molar-refractivity contribution in [1.82, 2.24) is 14.7 Å². The molecule has 6 nitrogen and oxygen atoms in total. The van der Waals surface area contributed by atoms with E-state index in [9.17, 15) is 27.1 Å². The van der Waals surface area contributed by atoms with Gasteiger partial charge >= 0.3 is 6.18 Å². The number of hydrogen-bond acceptors (Lipinski definition) is 5. The van der Waals surface area contributed by atoms with Crippen molar-refractivity contribution in [2.75, 3.05) is 6.61 Å². The van der Waals surface area contributed by atoms with E-state index < -0.39 is 42.6 Å². The van der Waals surface area contributed by atoms with Crippen LogP contribution in [0.1, 0.15) is 29.3 Å². The van der Waals surface area contributed by atoms with Gasteiger partial charge in [0.05, 0.1) is 25.0 Å². The van der Waals surface area contributed by atoms with Crippen LogP contribution in [0.25, 0.3) is 0 Å². The first-order chi connectivity index (χ1) is 14.1. The van der Waals surface area contributed by atoms with Crippen LogP contribution in [-0.4, -0.2) is 50.8 Å². The molecular weight excluding hydrogens is 411 g/mol. The summed E-state index contributed by atoms with van der Waals surface area (Å²) in [6.45, 7) is 0.336. The zero-order valence-corrected chi connectivity index (χ0v) is 15.8. The summed E-state index contributed by atoms with van der Waals surface area (Å²) in [7, 11) is 0. The molecule has 11 heteroatoms. The molecule has 164 valence electrons. The van der Waals surface area contributed by atoms with Gasteiger partial charge in [-0.15, -0.1) is 0 Å². The second kappa shape index (κ2) is 7.88. The molecule has 4 atom stereocenters. The Morgan fingerprint density at radius 3 is 2.73 bits per heavy atom. The molecule has 0 unspecified atom stereocenters. The second-order valence-electron chi connectivity index (χ2n) is 7.73. The van der Waals surface area contributed by atoms with E-state index in [0.29, 0.717) is 25.2 Å². The van der Waals surface area contributed by atoms with E-state index in [2.05, 4.69) is 5.10 Å². The molecule has 0 spiro atoms. The highest BCUT2D eigenvalue weighted by atomic mass is 19.4. The van der Waals surface area contributed by atoms with Gasteiger partial charge in [-0.1, -0.05) is 0 Å². The van der Waals surface area contributed by atoms with Crippen molar-refractivity contribution in [2.24, 2.45) is 5.73 Å². The van der Waals surface area contributed by atoms with Gasteiger partial charge in [0.1, 0.15) is 17.7 Å². The standard InChI is InChI=1S/C19H21F5N4O2/c20-11-1-2-14(21)13(3-11)18-15(25)4-12(9-30-18)27-6-10-5-26-28(16(10)7-27)8-17(29)19(22,23)24/h1-3,5,12,15,17-18,29H,4,6-9,25H2/t12-,15+,17-,18-/m1/s1. The van der Waals surface area contributed by atoms with Gasteiger partial charge in [0.2, 0.25) is 0 Å². The number of ether oxygens (including phenoxy) is 1. The highest BCUT2D eigenvalue weighted by Crippen LogP contribution is 2.34. The van der Waals surface area contributed by atoms with Crippen molar-refractivity contribution in [3.8, 4) is 0 Å². The van der Waals surface area contributed by atoms with Gasteiger partial charge in [-0.25, -0.2) is 8.78 Å². The summed E-state index contributed by atoms with van der Waals surface area (Å²) in [4.78, 5) is 2.00. The molecule has 0 aliphatic carbocycles. The van der Waals surface area contributed by atoms with Crippen molar-refractivity contribution >= 4 is 0 Å². The smallest absolute Gasteiger partial charge is 0.382 e. The van der Waals surface area contributed by atoms with Crippen LogP contribution in [-0.2, 0) is 24.4 Å². The van der Waals surface area contributed by atoms with E-state index >= 15 is 0 Å². The van der Waals surface area contributed by atoms with E-state index in [4.69, 9.17) is 10.5 Å². The number of aliphatic hydroxyl groups is 1. The highest BCUT2D eigenvalue weighted by Gasteiger charge is 2.41. The van der Waals surface area contributed by atoms with E-state index in [0.717, 1.165) is 23.8 Å². The van der Waals surface area contributed by atoms with Crippen molar-refractivity contribution in [1.29, 1.82) is 0 Å². The van der Waals surface area contributed by atoms with Gasteiger partial charge in [0.15, 0.2) is 6.10 Å². The zero-order valence-electron chi connectivity index (χ0n) is 15.8. The predicted molar refractivity (Wildman–Crippen MR) is 95.0 cm³/mol. The molecule has 1 aromatic heterocycles. The maximum Gasteiger partial charge on any atom is 0.416 e. The Kier molecular flexibility index (Phi) is 5.56. The van der Waals surface area contributed by atoms with E-state index in [1.165, 1.54) is 10.9 Å². The fourth-order valence-electron chi connectivity index (χ4n) is 4.07. The summed E-state index contributed by atoms with van der Waals surface area (Å²) in [6.07, 6.45) is -6.05. The number of benzene rings is 1. The fourth-order valence-corrected chi connectivity index (χ4v) is 4.07. The average Bonchev–Trinajstić information content (AvgIpc) is 3.25. The molecular formula is C19H21F5N4O2. The first kappa shape index (κ1) is 21.2. The van der Waals surface area contributed by atoms with Crippen LogP contribution in [0.15, 0.2) is 24.4 Å². The summed E-state index contributed by atoms with van der Waals surface area (Å²) in [5.74, 6) is -1.17. The Labute approximate surface area is 169 Å². The van der Waals surface area contributed by atoms with Gasteiger partial charge in [-0.3, -0.25) is 9.58 Å². The van der Waals surface area contributed by atoms with Crippen LogP contribution < -0.4 is 5.73 Å². The minimum absolute atomic E-state index is 0.0717. The van der Waals surface area contributed by atoms with Crippen molar-refractivity contribution in [3.05, 3.63) is 52.9 Å². The van der Waals surface area contributed by atoms with Crippen LogP contribution in [0.5, 0.6) is 0 Å². The molecule has 30 heavy (non-hydrogen) atoms. The summed E-state index contributed by atoms with van der Waals surface area (Å²) < 4.78 is 72.5. The van der Waals surface area contributed by atoms with Crippen LogP contribution in [0, 0.1) is 11.6 Å². The van der Waals surface area contributed by atoms with Crippen LogP contribution in [0.2, 0.25) is 0 Å². The molecule has 2 aromatic rings. The number of nitrogens with two attached hydrogens (primary N) is 1. The SMILES string of the molecule is N[C@H]1C[C@@H](N2Cc3cnn(C[C@@H](O)C(F)(F)F)c3C2)CO[C@@H]1c1cc(F)ccc1F. The van der Waals surface area contributed by atoms with Crippen LogP contribution in [0.4, 0.5) is 22.0 Å². The third kappa shape index (κ3) is 4.07. The normalized spacial score (nSPS) is 26.0. The molecule has 0 radical (unpaired) electrons. The van der Waals surface area contributed by atoms with E-state index in [-0.39, 0.29) is 18.2 Å². The zero-order chi connectivity index (χ0) is 21.6. The molecule has 1 saturated heterocycles. The summed E-state index contributed by atoms with van der Waals surface area (Å²) in [5.41, 5.74) is 7.64. The lowest BCUT2D eigenvalue weighted by atomic mass is 9.93. The van der Waals surface area contributed by atoms with Gasteiger partial charge in [0, 0.05) is 36.3 Å². The third-order valence-corrected chi connectivity index (χ3v) is 5.67. The number of hydrogen-bond donors (Lipinski definition) is 2. The topological polar surface area (TPSA) is 76.5 Å². The quantitative estimate of drug-likeness (QED) is 0.725. The minimum Gasteiger partial charge on any atom is -0.382 e. The Morgan fingerprint density at radius 1 is 1.27 bits per heavy atom. The van der Waals surface area contributed by atoms with Gasteiger partial charge in [0.25, 0.3) is 0 Å². The van der Waals surface area contributed by atoms with Gasteiger partial charge < -0.3 is 15.6 Å². The fraction of sp³-hybridized carbons (Fsp3) is 0.526. The molecule has 3 heterocycles. The Balaban J connectivity index is 1.41. The molecule has 0 bridgehead atoms. The van der Waals surface area contributed by atoms with Crippen molar-refractivity contribution in [2.45, 2.75) is 56.5 Å². The average molecular weight is 432 g/mol. The highest BCUT2D eigenvalue weighted by molar-refractivity contribution is 5.25. The van der Waals surface area contributed by atoms with E-state index in [1.54, 1.807) is 0 Å². The lowest BCUT2D eigenvalue weighted by molar-refractivity contribution is -0.208. The number of aromatic nitrogens is 2. The number of fused-ring (bicyclic) bond motifs is 1. The Hall–Kier alpha value is -2.08. The molecule has 2 aliphatic heterocycles. The second-order valence-corrected chi connectivity index (χ2v) is 7.73. The van der Waals surface area contributed by atoms with E-state index in [1.807, 2.05) is 4.90 Å². The first-order valence-corrected chi connectivity index (χ1v) is 9.48. The van der Waals surface area contributed by atoms with Gasteiger partial charge in [-0.05, 0) is 24.6 Å². The Morgan fingerprint density at radius 2 is 2.03 bits per heavy atom. The van der Waals surface area contributed by atoms with Crippen molar-refractivity contribution < 1.29 is 31.8 Å². The largest absolute Gasteiger partial charge is 0.416 e. The molecule has 4 rings (SSSR count). The number of rotatable bonds is 4. The Bertz CT molecular complexity index is 919. The van der Waals surface area contributed by atoms with Crippen LogP contribution in [0.3, 0.4) is 0 Å². The first-order valence-electron chi connectivity index (χ1n) is 9.48. The summed E-state index contributed by atoms with van der Waals surface area (Å²) in [5, 5.41) is 13.3. The molecule has 3 N–H and O–H groups in total. The number of halogens is 5.